The van der Waals surface area contributed by atoms with Crippen LogP contribution in [-0.2, 0) is 19.3 Å². The van der Waals surface area contributed by atoms with Crippen LogP contribution in [0, 0.1) is 12.8 Å². The number of piperidine rings is 1. The fourth-order valence-corrected chi connectivity index (χ4v) is 3.22. The summed E-state index contributed by atoms with van der Waals surface area (Å²) in [6.45, 7) is 5.99. The summed E-state index contributed by atoms with van der Waals surface area (Å²) in [5.74, 6) is 0.273. The molecule has 1 saturated heterocycles. The monoisotopic (exact) mass is 369 g/mol. The lowest BCUT2D eigenvalue weighted by Gasteiger charge is -2.32. The molecule has 26 heavy (non-hydrogen) atoms. The van der Waals surface area contributed by atoms with E-state index in [9.17, 15) is 18.0 Å². The van der Waals surface area contributed by atoms with Gasteiger partial charge in [0.15, 0.2) is 5.69 Å². The molecule has 0 spiro atoms. The lowest BCUT2D eigenvalue weighted by atomic mass is 9.96. The van der Waals surface area contributed by atoms with Crippen LogP contribution in [0.15, 0.2) is 29.6 Å². The highest BCUT2D eigenvalue weighted by Crippen LogP contribution is 2.26. The van der Waals surface area contributed by atoms with Crippen LogP contribution >= 0.6 is 0 Å². The molecule has 0 bridgehead atoms. The molecule has 0 amide bonds. The molecule has 0 atom stereocenters. The quantitative estimate of drug-likeness (QED) is 0.811. The Morgan fingerprint density at radius 1 is 1.23 bits per heavy atom. The van der Waals surface area contributed by atoms with Gasteiger partial charge in [-0.3, -0.25) is 14.0 Å². The Balaban J connectivity index is 1.49. The molecule has 9 heteroatoms. The van der Waals surface area contributed by atoms with Gasteiger partial charge in [0.2, 0.25) is 0 Å². The Labute approximate surface area is 149 Å². The highest BCUT2D eigenvalue weighted by molar-refractivity contribution is 5.03. The van der Waals surface area contributed by atoms with Gasteiger partial charge in [0.05, 0.1) is 19.1 Å². The van der Waals surface area contributed by atoms with E-state index in [-0.39, 0.29) is 5.92 Å². The van der Waals surface area contributed by atoms with Gasteiger partial charge in [0, 0.05) is 25.4 Å². The summed E-state index contributed by atoms with van der Waals surface area (Å²) in [6.07, 6.45) is 2.09. The molecule has 142 valence electrons. The first-order valence-corrected chi connectivity index (χ1v) is 8.66. The van der Waals surface area contributed by atoms with Crippen molar-refractivity contribution in [3.05, 3.63) is 46.4 Å². The fraction of sp³-hybridized carbons (Fsp3) is 0.588. The first kappa shape index (κ1) is 18.6. The van der Waals surface area contributed by atoms with Gasteiger partial charge in [-0.15, -0.1) is 0 Å². The van der Waals surface area contributed by atoms with E-state index in [1.807, 2.05) is 24.0 Å². The third-order valence-electron chi connectivity index (χ3n) is 4.74. The molecule has 0 aromatic carbocycles. The van der Waals surface area contributed by atoms with Crippen molar-refractivity contribution in [1.82, 2.24) is 24.2 Å². The lowest BCUT2D eigenvalue weighted by molar-refractivity contribution is -0.141. The Morgan fingerprint density at radius 2 is 1.96 bits per heavy atom. The maximum Gasteiger partial charge on any atom is 0.433 e. The molecule has 0 saturated carbocycles. The minimum Gasteiger partial charge on any atom is -0.301 e. The molecule has 6 nitrogen and oxygen atoms in total. The first-order chi connectivity index (χ1) is 12.3. The zero-order valence-corrected chi connectivity index (χ0v) is 14.6. The van der Waals surface area contributed by atoms with Crippen LogP contribution in [0.25, 0.3) is 0 Å². The van der Waals surface area contributed by atoms with Gasteiger partial charge in [0.25, 0.3) is 5.56 Å². The molecule has 1 fully saturated rings. The van der Waals surface area contributed by atoms with Crippen LogP contribution < -0.4 is 5.56 Å². The summed E-state index contributed by atoms with van der Waals surface area (Å²) in [5, 5.41) is 4.27. The molecule has 3 heterocycles. The van der Waals surface area contributed by atoms with Gasteiger partial charge >= 0.3 is 6.18 Å². The zero-order valence-electron chi connectivity index (χ0n) is 14.6. The van der Waals surface area contributed by atoms with E-state index in [0.29, 0.717) is 12.6 Å². The van der Waals surface area contributed by atoms with Gasteiger partial charge in [-0.05, 0) is 44.3 Å². The number of aryl methyl sites for hydroxylation is 1. The number of alkyl halides is 3. The Hall–Kier alpha value is -2.16. The Kier molecular flexibility index (Phi) is 5.45. The molecule has 0 aliphatic carbocycles. The summed E-state index contributed by atoms with van der Waals surface area (Å²) >= 11 is 0. The predicted octanol–water partition coefficient (Wildman–Crippen LogP) is 2.18. The van der Waals surface area contributed by atoms with Gasteiger partial charge in [-0.25, -0.2) is 4.98 Å². The smallest absolute Gasteiger partial charge is 0.301 e. The Bertz CT molecular complexity index is 790. The number of hydrogen-bond acceptors (Lipinski definition) is 4. The molecule has 1 aliphatic rings. The number of aromatic nitrogens is 4. The van der Waals surface area contributed by atoms with E-state index in [1.165, 1.54) is 4.57 Å². The van der Waals surface area contributed by atoms with E-state index in [1.54, 1.807) is 0 Å². The zero-order chi connectivity index (χ0) is 18.7. The van der Waals surface area contributed by atoms with Crippen LogP contribution in [0.4, 0.5) is 13.2 Å². The van der Waals surface area contributed by atoms with E-state index in [2.05, 4.69) is 15.0 Å². The summed E-state index contributed by atoms with van der Waals surface area (Å²) in [6, 6.07) is 0.571. The van der Waals surface area contributed by atoms with Gasteiger partial charge in [0.1, 0.15) is 0 Å². The van der Waals surface area contributed by atoms with Crippen molar-refractivity contribution in [2.45, 2.75) is 39.0 Å². The van der Waals surface area contributed by atoms with Crippen LogP contribution in [0.5, 0.6) is 0 Å². The number of nitrogens with zero attached hydrogens (tertiary/aromatic N) is 5. The number of likely N-dealkylation sites (tertiary alicyclic amines) is 1. The van der Waals surface area contributed by atoms with Crippen molar-refractivity contribution < 1.29 is 13.2 Å². The highest BCUT2D eigenvalue weighted by atomic mass is 19.4. The average molecular weight is 369 g/mol. The highest BCUT2D eigenvalue weighted by Gasteiger charge is 2.33. The van der Waals surface area contributed by atoms with Crippen LogP contribution in [-0.4, -0.2) is 43.9 Å². The third kappa shape index (κ3) is 4.72. The largest absolute Gasteiger partial charge is 0.433 e. The van der Waals surface area contributed by atoms with Crippen molar-refractivity contribution in [3.63, 3.8) is 0 Å². The molecule has 0 unspecified atom stereocenters. The van der Waals surface area contributed by atoms with Crippen LogP contribution in [0.3, 0.4) is 0 Å². The van der Waals surface area contributed by atoms with Gasteiger partial charge < -0.3 is 4.90 Å². The van der Waals surface area contributed by atoms with Crippen molar-refractivity contribution in [1.29, 1.82) is 0 Å². The van der Waals surface area contributed by atoms with E-state index in [0.717, 1.165) is 50.9 Å². The van der Waals surface area contributed by atoms with Crippen molar-refractivity contribution >= 4 is 0 Å². The van der Waals surface area contributed by atoms with Gasteiger partial charge in [-0.2, -0.15) is 18.3 Å². The molecular formula is C17H22F3N5O. The number of hydrogen-bond donors (Lipinski definition) is 0. The molecule has 3 rings (SSSR count). The minimum absolute atomic E-state index is 0.273. The van der Waals surface area contributed by atoms with Crippen LogP contribution in [0.1, 0.15) is 24.1 Å². The van der Waals surface area contributed by atoms with Crippen molar-refractivity contribution in [2.75, 3.05) is 19.6 Å². The van der Waals surface area contributed by atoms with Crippen molar-refractivity contribution in [3.8, 4) is 0 Å². The van der Waals surface area contributed by atoms with Crippen LogP contribution in [0.2, 0.25) is 0 Å². The number of rotatable bonds is 5. The lowest BCUT2D eigenvalue weighted by Crippen LogP contribution is -2.38. The van der Waals surface area contributed by atoms with E-state index in [4.69, 9.17) is 0 Å². The second-order valence-corrected chi connectivity index (χ2v) is 6.83. The number of halogens is 3. The second-order valence-electron chi connectivity index (χ2n) is 6.83. The molecule has 2 aromatic rings. The maximum atomic E-state index is 12.6. The first-order valence-electron chi connectivity index (χ1n) is 8.66. The molecule has 0 radical (unpaired) electrons. The molecule has 2 aromatic heterocycles. The Morgan fingerprint density at radius 3 is 2.54 bits per heavy atom. The van der Waals surface area contributed by atoms with E-state index >= 15 is 0 Å². The minimum atomic E-state index is -4.59. The van der Waals surface area contributed by atoms with Gasteiger partial charge in [-0.1, -0.05) is 0 Å². The maximum absolute atomic E-state index is 12.6. The van der Waals surface area contributed by atoms with Crippen molar-refractivity contribution in [2.24, 2.45) is 5.92 Å². The normalized spacial score (nSPS) is 16.9. The van der Waals surface area contributed by atoms with E-state index < -0.39 is 17.4 Å². The SMILES string of the molecule is Cc1cnn(CCN2CCC(Cn3cnc(C(F)(F)F)cc3=O)CC2)c1. The summed E-state index contributed by atoms with van der Waals surface area (Å²) in [7, 11) is 0. The summed E-state index contributed by atoms with van der Waals surface area (Å²) in [5.41, 5.74) is -0.648. The summed E-state index contributed by atoms with van der Waals surface area (Å²) < 4.78 is 40.9. The topological polar surface area (TPSA) is 56.0 Å². The fourth-order valence-electron chi connectivity index (χ4n) is 3.22. The average Bonchev–Trinajstić information content (AvgIpc) is 3.00. The second kappa shape index (κ2) is 7.61. The molecular weight excluding hydrogens is 347 g/mol. The summed E-state index contributed by atoms with van der Waals surface area (Å²) in [4.78, 5) is 17.6. The third-order valence-corrected chi connectivity index (χ3v) is 4.74. The standard InChI is InChI=1S/C17H22F3N5O/c1-13-9-22-25(10-13)7-6-23-4-2-14(3-5-23)11-24-12-21-15(8-16(24)26)17(18,19)20/h8-10,12,14H,2-7,11H2,1H3. The molecule has 0 N–H and O–H groups in total. The molecule has 1 aliphatic heterocycles. The predicted molar refractivity (Wildman–Crippen MR) is 89.6 cm³/mol.